The zero-order valence-electron chi connectivity index (χ0n) is 13.8. The molecule has 2 N–H and O–H groups in total. The number of nitrogens with one attached hydrogen (secondary N) is 2. The number of amides is 2. The predicted molar refractivity (Wildman–Crippen MR) is 98.8 cm³/mol. The minimum Gasteiger partial charge on any atom is -0.484 e. The molecular formula is C20H18N2O3. The Labute approximate surface area is 145 Å². The van der Waals surface area contributed by atoms with Crippen LogP contribution in [0.25, 0.3) is 10.8 Å². The van der Waals surface area contributed by atoms with Crippen LogP contribution in [0.1, 0.15) is 6.92 Å². The first-order chi connectivity index (χ1) is 12.1. The third-order valence-electron chi connectivity index (χ3n) is 3.56. The number of carbonyl (C=O) groups is 2. The fourth-order valence-electron chi connectivity index (χ4n) is 2.48. The van der Waals surface area contributed by atoms with Crippen LogP contribution in [0.15, 0.2) is 66.7 Å². The van der Waals surface area contributed by atoms with Crippen LogP contribution in [-0.4, -0.2) is 18.4 Å². The highest BCUT2D eigenvalue weighted by Gasteiger charge is 2.05. The lowest BCUT2D eigenvalue weighted by Gasteiger charge is -2.09. The first-order valence-electron chi connectivity index (χ1n) is 7.89. The standard InChI is InChI=1S/C20H18N2O3/c1-14(23)21-17-7-4-8-19(12-17)25-13-20(24)22-18-10-9-15-5-2-3-6-16(15)11-18/h2-12H,13H2,1H3,(H,21,23)(H,22,24). The lowest BCUT2D eigenvalue weighted by atomic mass is 10.1. The zero-order chi connectivity index (χ0) is 17.6. The van der Waals surface area contributed by atoms with Gasteiger partial charge in [0.2, 0.25) is 5.91 Å². The predicted octanol–water partition coefficient (Wildman–Crippen LogP) is 3.82. The topological polar surface area (TPSA) is 67.4 Å². The van der Waals surface area contributed by atoms with Gasteiger partial charge in [-0.25, -0.2) is 0 Å². The van der Waals surface area contributed by atoms with Crippen molar-refractivity contribution in [1.82, 2.24) is 0 Å². The molecule has 3 aromatic carbocycles. The molecule has 0 aliphatic heterocycles. The smallest absolute Gasteiger partial charge is 0.262 e. The Hall–Kier alpha value is -3.34. The van der Waals surface area contributed by atoms with Crippen molar-refractivity contribution in [2.24, 2.45) is 0 Å². The van der Waals surface area contributed by atoms with Gasteiger partial charge in [0.1, 0.15) is 5.75 Å². The number of fused-ring (bicyclic) bond motifs is 1. The van der Waals surface area contributed by atoms with Crippen molar-refractivity contribution < 1.29 is 14.3 Å². The lowest BCUT2D eigenvalue weighted by molar-refractivity contribution is -0.118. The minimum absolute atomic E-state index is 0.115. The van der Waals surface area contributed by atoms with Gasteiger partial charge in [-0.1, -0.05) is 36.4 Å². The molecule has 25 heavy (non-hydrogen) atoms. The summed E-state index contributed by atoms with van der Waals surface area (Å²) in [7, 11) is 0. The Morgan fingerprint density at radius 3 is 2.40 bits per heavy atom. The van der Waals surface area contributed by atoms with Crippen LogP contribution in [0.2, 0.25) is 0 Å². The zero-order valence-corrected chi connectivity index (χ0v) is 13.8. The second-order valence-electron chi connectivity index (χ2n) is 5.61. The number of rotatable bonds is 5. The third-order valence-corrected chi connectivity index (χ3v) is 3.56. The van der Waals surface area contributed by atoms with Crippen molar-refractivity contribution in [2.75, 3.05) is 17.2 Å². The SMILES string of the molecule is CC(=O)Nc1cccc(OCC(=O)Nc2ccc3ccccc3c2)c1. The molecule has 0 radical (unpaired) electrons. The second kappa shape index (κ2) is 7.49. The van der Waals surface area contributed by atoms with Crippen LogP contribution >= 0.6 is 0 Å². The van der Waals surface area contributed by atoms with Gasteiger partial charge >= 0.3 is 0 Å². The Balaban J connectivity index is 1.59. The Bertz CT molecular complexity index is 921. The van der Waals surface area contributed by atoms with E-state index in [1.807, 2.05) is 42.5 Å². The van der Waals surface area contributed by atoms with Crippen molar-refractivity contribution in [3.63, 3.8) is 0 Å². The van der Waals surface area contributed by atoms with Gasteiger partial charge in [0.15, 0.2) is 6.61 Å². The first kappa shape index (κ1) is 16.5. The van der Waals surface area contributed by atoms with E-state index in [-0.39, 0.29) is 18.4 Å². The van der Waals surface area contributed by atoms with E-state index in [0.717, 1.165) is 16.5 Å². The lowest BCUT2D eigenvalue weighted by Crippen LogP contribution is -2.20. The molecule has 3 aromatic rings. The Morgan fingerprint density at radius 1 is 0.840 bits per heavy atom. The highest BCUT2D eigenvalue weighted by atomic mass is 16.5. The Morgan fingerprint density at radius 2 is 1.60 bits per heavy atom. The van der Waals surface area contributed by atoms with Crippen LogP contribution < -0.4 is 15.4 Å². The summed E-state index contributed by atoms with van der Waals surface area (Å²) in [4.78, 5) is 23.1. The molecule has 0 spiro atoms. The molecule has 0 aliphatic carbocycles. The number of ether oxygens (including phenoxy) is 1. The summed E-state index contributed by atoms with van der Waals surface area (Å²) in [6, 6.07) is 20.6. The molecule has 0 atom stereocenters. The van der Waals surface area contributed by atoms with Gasteiger partial charge in [0.25, 0.3) is 5.91 Å². The maximum Gasteiger partial charge on any atom is 0.262 e. The molecule has 2 amide bonds. The van der Waals surface area contributed by atoms with E-state index in [2.05, 4.69) is 10.6 Å². The van der Waals surface area contributed by atoms with Crippen LogP contribution in [-0.2, 0) is 9.59 Å². The van der Waals surface area contributed by atoms with E-state index < -0.39 is 0 Å². The van der Waals surface area contributed by atoms with Crippen molar-refractivity contribution in [2.45, 2.75) is 6.92 Å². The maximum atomic E-state index is 12.1. The largest absolute Gasteiger partial charge is 0.484 e. The molecule has 0 saturated heterocycles. The van der Waals surface area contributed by atoms with Crippen LogP contribution in [0.4, 0.5) is 11.4 Å². The fourth-order valence-corrected chi connectivity index (χ4v) is 2.48. The highest BCUT2D eigenvalue weighted by molar-refractivity contribution is 5.95. The van der Waals surface area contributed by atoms with Gasteiger partial charge in [-0.3, -0.25) is 9.59 Å². The average molecular weight is 334 g/mol. The first-order valence-corrected chi connectivity index (χ1v) is 7.89. The quantitative estimate of drug-likeness (QED) is 0.745. The molecule has 0 unspecified atom stereocenters. The highest BCUT2D eigenvalue weighted by Crippen LogP contribution is 2.19. The number of benzene rings is 3. The van der Waals surface area contributed by atoms with E-state index in [9.17, 15) is 9.59 Å². The van der Waals surface area contributed by atoms with Crippen molar-refractivity contribution in [3.8, 4) is 5.75 Å². The van der Waals surface area contributed by atoms with Crippen LogP contribution in [0, 0.1) is 0 Å². The number of hydrogen-bond donors (Lipinski definition) is 2. The molecule has 0 bridgehead atoms. The third kappa shape index (κ3) is 4.57. The molecule has 0 aromatic heterocycles. The molecule has 0 aliphatic rings. The van der Waals surface area contributed by atoms with E-state index >= 15 is 0 Å². The molecule has 0 saturated carbocycles. The summed E-state index contributed by atoms with van der Waals surface area (Å²) in [5.74, 6) is 0.103. The molecular weight excluding hydrogens is 316 g/mol. The van der Waals surface area contributed by atoms with Crippen molar-refractivity contribution >= 4 is 34.0 Å². The van der Waals surface area contributed by atoms with E-state index in [1.54, 1.807) is 24.3 Å². The molecule has 0 heterocycles. The van der Waals surface area contributed by atoms with Crippen LogP contribution in [0.5, 0.6) is 5.75 Å². The molecule has 0 fully saturated rings. The van der Waals surface area contributed by atoms with Gasteiger partial charge in [0.05, 0.1) is 0 Å². The van der Waals surface area contributed by atoms with Crippen molar-refractivity contribution in [1.29, 1.82) is 0 Å². The summed E-state index contributed by atoms with van der Waals surface area (Å²) < 4.78 is 5.49. The van der Waals surface area contributed by atoms with Gasteiger partial charge in [-0.05, 0) is 35.0 Å². The number of anilines is 2. The van der Waals surface area contributed by atoms with E-state index in [0.29, 0.717) is 11.4 Å². The maximum absolute atomic E-state index is 12.1. The molecule has 126 valence electrons. The fraction of sp³-hybridized carbons (Fsp3) is 0.100. The Kier molecular flexibility index (Phi) is 4.95. The second-order valence-corrected chi connectivity index (χ2v) is 5.61. The minimum atomic E-state index is -0.250. The molecule has 5 nitrogen and oxygen atoms in total. The summed E-state index contributed by atoms with van der Waals surface area (Å²) in [5, 5.41) is 7.66. The van der Waals surface area contributed by atoms with Crippen molar-refractivity contribution in [3.05, 3.63) is 66.7 Å². The normalized spacial score (nSPS) is 10.3. The van der Waals surface area contributed by atoms with E-state index in [1.165, 1.54) is 6.92 Å². The number of carbonyl (C=O) groups excluding carboxylic acids is 2. The summed E-state index contributed by atoms with van der Waals surface area (Å²) in [6.07, 6.45) is 0. The van der Waals surface area contributed by atoms with Gasteiger partial charge in [0, 0.05) is 24.4 Å². The van der Waals surface area contributed by atoms with Gasteiger partial charge in [-0.2, -0.15) is 0 Å². The molecule has 5 heteroatoms. The monoisotopic (exact) mass is 334 g/mol. The summed E-state index contributed by atoms with van der Waals surface area (Å²) in [5.41, 5.74) is 1.35. The average Bonchev–Trinajstić information content (AvgIpc) is 2.60. The molecule has 3 rings (SSSR count). The number of hydrogen-bond acceptors (Lipinski definition) is 3. The summed E-state index contributed by atoms with van der Waals surface area (Å²) in [6.45, 7) is 1.32. The van der Waals surface area contributed by atoms with Crippen LogP contribution in [0.3, 0.4) is 0 Å². The van der Waals surface area contributed by atoms with Gasteiger partial charge in [-0.15, -0.1) is 0 Å². The van der Waals surface area contributed by atoms with E-state index in [4.69, 9.17) is 4.74 Å². The van der Waals surface area contributed by atoms with Gasteiger partial charge < -0.3 is 15.4 Å². The summed E-state index contributed by atoms with van der Waals surface area (Å²) >= 11 is 0.